The van der Waals surface area contributed by atoms with Crippen LogP contribution in [0.1, 0.15) is 19.8 Å². The molecule has 0 bridgehead atoms. The van der Waals surface area contributed by atoms with Crippen LogP contribution in [0.25, 0.3) is 0 Å². The first-order chi connectivity index (χ1) is 14.6. The van der Waals surface area contributed by atoms with Gasteiger partial charge in [-0.2, -0.15) is 0 Å². The number of aliphatic imine (C=N–C) groups is 1. The van der Waals surface area contributed by atoms with Crippen molar-refractivity contribution in [3.63, 3.8) is 0 Å². The van der Waals surface area contributed by atoms with Gasteiger partial charge in [0.05, 0.1) is 6.54 Å². The van der Waals surface area contributed by atoms with Crippen molar-refractivity contribution >= 4 is 35.8 Å². The third-order valence-electron chi connectivity index (χ3n) is 5.14. The Hall–Kier alpha value is -1.66. The fraction of sp³-hybridized carbons (Fsp3) is 0.619. The normalized spacial score (nSPS) is 20.2. The maximum atomic E-state index is 12.9. The van der Waals surface area contributed by atoms with E-state index in [2.05, 4.69) is 15.2 Å². The van der Waals surface area contributed by atoms with E-state index in [4.69, 9.17) is 9.47 Å². The number of ether oxygens (including phenoxy) is 2. The lowest BCUT2D eigenvalue weighted by Gasteiger charge is -2.37. The van der Waals surface area contributed by atoms with Crippen LogP contribution in [-0.2, 0) is 9.53 Å². The van der Waals surface area contributed by atoms with Gasteiger partial charge in [-0.15, -0.1) is 24.0 Å². The number of rotatable bonds is 7. The van der Waals surface area contributed by atoms with Gasteiger partial charge in [0.15, 0.2) is 5.96 Å². The topological polar surface area (TPSA) is 86.6 Å². The maximum Gasteiger partial charge on any atom is 0.251 e. The van der Waals surface area contributed by atoms with Gasteiger partial charge in [0.1, 0.15) is 30.4 Å². The lowest BCUT2D eigenvalue weighted by atomic mass is 10.2. The van der Waals surface area contributed by atoms with Crippen molar-refractivity contribution in [1.29, 1.82) is 0 Å². The standard InChI is InChI=1S/C21H31FN4O4.HI/c1-2-23-21(24-14-17(27)15-30-18-7-5-16(22)6-8-18)26-11-9-25(10-12-26)20(28)19-4-3-13-29-19;/h5-8,17,19,27H,2-4,9-15H2,1H3,(H,23,24);1H. The Morgan fingerprint density at radius 3 is 2.58 bits per heavy atom. The first kappa shape index (κ1) is 25.6. The Morgan fingerprint density at radius 2 is 1.97 bits per heavy atom. The average Bonchev–Trinajstić information content (AvgIpc) is 3.31. The summed E-state index contributed by atoms with van der Waals surface area (Å²) in [5.41, 5.74) is 0. The summed E-state index contributed by atoms with van der Waals surface area (Å²) >= 11 is 0. The first-order valence-corrected chi connectivity index (χ1v) is 10.6. The minimum absolute atomic E-state index is 0. The number of nitrogens with zero attached hydrogens (tertiary/aromatic N) is 3. The van der Waals surface area contributed by atoms with Gasteiger partial charge in [-0.1, -0.05) is 0 Å². The van der Waals surface area contributed by atoms with Gasteiger partial charge in [0, 0.05) is 39.3 Å². The third kappa shape index (κ3) is 7.76. The Labute approximate surface area is 199 Å². The van der Waals surface area contributed by atoms with Crippen molar-refractivity contribution in [3.05, 3.63) is 30.1 Å². The SMILES string of the molecule is CCNC(=NCC(O)COc1ccc(F)cc1)N1CCN(C(=O)C2CCCO2)CC1.I. The van der Waals surface area contributed by atoms with Crippen LogP contribution in [0.15, 0.2) is 29.3 Å². The molecule has 8 nitrogen and oxygen atoms in total. The Kier molecular flexibility index (Phi) is 10.7. The van der Waals surface area contributed by atoms with Crippen molar-refractivity contribution in [1.82, 2.24) is 15.1 Å². The summed E-state index contributed by atoms with van der Waals surface area (Å²) in [4.78, 5) is 21.0. The van der Waals surface area contributed by atoms with Crippen molar-refractivity contribution in [3.8, 4) is 5.75 Å². The van der Waals surface area contributed by atoms with Gasteiger partial charge in [-0.25, -0.2) is 4.39 Å². The van der Waals surface area contributed by atoms with Crippen LogP contribution in [0.3, 0.4) is 0 Å². The predicted molar refractivity (Wildman–Crippen MR) is 126 cm³/mol. The molecule has 3 rings (SSSR count). The van der Waals surface area contributed by atoms with Crippen molar-refractivity contribution in [2.24, 2.45) is 4.99 Å². The largest absolute Gasteiger partial charge is 0.491 e. The molecule has 10 heteroatoms. The molecule has 0 saturated carbocycles. The van der Waals surface area contributed by atoms with Gasteiger partial charge in [-0.3, -0.25) is 9.79 Å². The molecule has 174 valence electrons. The van der Waals surface area contributed by atoms with E-state index in [1.54, 1.807) is 0 Å². The summed E-state index contributed by atoms with van der Waals surface area (Å²) in [5.74, 6) is 0.962. The van der Waals surface area contributed by atoms with Crippen LogP contribution in [0.4, 0.5) is 4.39 Å². The summed E-state index contributed by atoms with van der Waals surface area (Å²) in [6, 6.07) is 5.66. The molecule has 2 saturated heterocycles. The second-order valence-corrected chi connectivity index (χ2v) is 7.43. The zero-order valence-corrected chi connectivity index (χ0v) is 20.2. The fourth-order valence-electron chi connectivity index (χ4n) is 3.51. The Morgan fingerprint density at radius 1 is 1.29 bits per heavy atom. The van der Waals surface area contributed by atoms with E-state index in [9.17, 15) is 14.3 Å². The summed E-state index contributed by atoms with van der Waals surface area (Å²) < 4.78 is 23.9. The van der Waals surface area contributed by atoms with E-state index in [0.717, 1.165) is 12.8 Å². The molecule has 0 spiro atoms. The quantitative estimate of drug-likeness (QED) is 0.304. The zero-order chi connectivity index (χ0) is 21.3. The Balaban J connectivity index is 0.00000341. The van der Waals surface area contributed by atoms with Gasteiger partial charge in [-0.05, 0) is 44.0 Å². The zero-order valence-electron chi connectivity index (χ0n) is 17.8. The lowest BCUT2D eigenvalue weighted by Crippen LogP contribution is -2.55. The molecule has 2 atom stereocenters. The molecule has 31 heavy (non-hydrogen) atoms. The van der Waals surface area contributed by atoms with E-state index in [-0.39, 0.29) is 55.0 Å². The molecule has 2 N–H and O–H groups in total. The van der Waals surface area contributed by atoms with Crippen molar-refractivity contribution in [2.75, 3.05) is 52.5 Å². The monoisotopic (exact) mass is 550 g/mol. The molecule has 1 aromatic carbocycles. The number of halogens is 2. The highest BCUT2D eigenvalue weighted by atomic mass is 127. The molecule has 0 aromatic heterocycles. The van der Waals surface area contributed by atoms with E-state index in [1.807, 2.05) is 11.8 Å². The highest BCUT2D eigenvalue weighted by Crippen LogP contribution is 2.16. The predicted octanol–water partition coefficient (Wildman–Crippen LogP) is 1.47. The summed E-state index contributed by atoms with van der Waals surface area (Å²) in [6.07, 6.45) is 0.683. The molecule has 2 aliphatic rings. The molecular weight excluding hydrogens is 518 g/mol. The van der Waals surface area contributed by atoms with Crippen LogP contribution in [0.2, 0.25) is 0 Å². The van der Waals surface area contributed by atoms with Crippen LogP contribution in [-0.4, -0.2) is 91.5 Å². The second-order valence-electron chi connectivity index (χ2n) is 7.43. The summed E-state index contributed by atoms with van der Waals surface area (Å²) in [7, 11) is 0. The fourth-order valence-corrected chi connectivity index (χ4v) is 3.51. The van der Waals surface area contributed by atoms with E-state index >= 15 is 0 Å². The number of piperazine rings is 1. The van der Waals surface area contributed by atoms with Crippen molar-refractivity contribution in [2.45, 2.75) is 32.0 Å². The molecule has 1 aromatic rings. The molecule has 2 unspecified atom stereocenters. The highest BCUT2D eigenvalue weighted by molar-refractivity contribution is 14.0. The number of carbonyl (C=O) groups is 1. The van der Waals surface area contributed by atoms with Gasteiger partial charge < -0.3 is 29.7 Å². The minimum atomic E-state index is -0.786. The number of carbonyl (C=O) groups excluding carboxylic acids is 1. The number of aliphatic hydroxyl groups is 1. The molecule has 2 fully saturated rings. The number of aliphatic hydroxyl groups excluding tert-OH is 1. The van der Waals surface area contributed by atoms with E-state index in [1.165, 1.54) is 24.3 Å². The average molecular weight is 550 g/mol. The molecule has 1 amide bonds. The Bertz CT molecular complexity index is 708. The van der Waals surface area contributed by atoms with Crippen LogP contribution < -0.4 is 10.1 Å². The van der Waals surface area contributed by atoms with Crippen LogP contribution in [0.5, 0.6) is 5.75 Å². The van der Waals surface area contributed by atoms with Crippen molar-refractivity contribution < 1.29 is 23.8 Å². The molecule has 2 heterocycles. The lowest BCUT2D eigenvalue weighted by molar-refractivity contribution is -0.142. The van der Waals surface area contributed by atoms with Gasteiger partial charge >= 0.3 is 0 Å². The third-order valence-corrected chi connectivity index (χ3v) is 5.14. The number of hydrogen-bond donors (Lipinski definition) is 2. The molecular formula is C21H32FIN4O4. The van der Waals surface area contributed by atoms with Crippen LogP contribution >= 0.6 is 24.0 Å². The number of hydrogen-bond acceptors (Lipinski definition) is 5. The first-order valence-electron chi connectivity index (χ1n) is 10.6. The summed E-state index contributed by atoms with van der Waals surface area (Å²) in [6.45, 7) is 6.20. The number of guanidine groups is 1. The highest BCUT2D eigenvalue weighted by Gasteiger charge is 2.30. The number of amides is 1. The number of nitrogens with one attached hydrogen (secondary N) is 1. The van der Waals surface area contributed by atoms with Gasteiger partial charge in [0.25, 0.3) is 5.91 Å². The number of benzene rings is 1. The van der Waals surface area contributed by atoms with Gasteiger partial charge in [0.2, 0.25) is 0 Å². The van der Waals surface area contributed by atoms with E-state index in [0.29, 0.717) is 51.0 Å². The molecule has 0 radical (unpaired) electrons. The maximum absolute atomic E-state index is 12.9. The van der Waals surface area contributed by atoms with E-state index < -0.39 is 6.10 Å². The second kappa shape index (κ2) is 13.0. The molecule has 0 aliphatic carbocycles. The smallest absolute Gasteiger partial charge is 0.251 e. The molecule has 2 aliphatic heterocycles. The van der Waals surface area contributed by atoms with Crippen LogP contribution in [0, 0.1) is 5.82 Å². The minimum Gasteiger partial charge on any atom is -0.491 e. The summed E-state index contributed by atoms with van der Waals surface area (Å²) in [5, 5.41) is 13.4.